The third kappa shape index (κ3) is 8.81. The molecule has 0 radical (unpaired) electrons. The Balaban J connectivity index is 2.51. The Hall–Kier alpha value is -2.89. The van der Waals surface area contributed by atoms with Gasteiger partial charge >= 0.3 is 17.9 Å². The van der Waals surface area contributed by atoms with Crippen LogP contribution in [0, 0.1) is 0 Å². The normalized spacial score (nSPS) is 34.4. The minimum Gasteiger partial charge on any atom is -0.463 e. The highest BCUT2D eigenvalue weighted by Crippen LogP contribution is 2.32. The summed E-state index contributed by atoms with van der Waals surface area (Å²) in [5, 5.41) is 26.1. The van der Waals surface area contributed by atoms with Crippen LogP contribution in [0.3, 0.4) is 0 Å². The van der Waals surface area contributed by atoms with E-state index in [1.54, 1.807) is 0 Å². The molecule has 39 heavy (non-hydrogen) atoms. The van der Waals surface area contributed by atoms with Crippen LogP contribution in [0.25, 0.3) is 0 Å². The predicted octanol–water partition coefficient (Wildman–Crippen LogP) is -2.74. The molecule has 0 aromatic rings. The van der Waals surface area contributed by atoms with Crippen LogP contribution >= 0.6 is 0 Å². The molecule has 16 nitrogen and oxygen atoms in total. The first-order chi connectivity index (χ1) is 18.3. The monoisotopic (exact) mass is 564 g/mol. The molecular weight excluding hydrogens is 528 g/mol. The van der Waals surface area contributed by atoms with Crippen molar-refractivity contribution in [2.75, 3.05) is 20.3 Å². The van der Waals surface area contributed by atoms with Crippen LogP contribution in [-0.2, 0) is 57.1 Å². The van der Waals surface area contributed by atoms with E-state index in [0.29, 0.717) is 0 Å². The number of ether oxygens (including phenoxy) is 7. The quantitative estimate of drug-likeness (QED) is 0.156. The van der Waals surface area contributed by atoms with Gasteiger partial charge in [-0.15, -0.1) is 0 Å². The zero-order valence-corrected chi connectivity index (χ0v) is 22.5. The van der Waals surface area contributed by atoms with E-state index in [1.165, 1.54) is 21.0 Å². The van der Waals surface area contributed by atoms with Gasteiger partial charge in [-0.3, -0.25) is 24.0 Å². The molecule has 2 aliphatic rings. The number of rotatable bonds is 10. The summed E-state index contributed by atoms with van der Waals surface area (Å²) in [5.74, 6) is -3.40. The smallest absolute Gasteiger partial charge is 0.303 e. The number of amides is 2. The van der Waals surface area contributed by atoms with E-state index in [9.17, 15) is 34.2 Å². The highest BCUT2D eigenvalue weighted by molar-refractivity contribution is 5.74. The molecule has 0 spiro atoms. The van der Waals surface area contributed by atoms with E-state index in [4.69, 9.17) is 33.2 Å². The number of hydrogen-bond donors (Lipinski definition) is 4. The van der Waals surface area contributed by atoms with Crippen LogP contribution < -0.4 is 10.6 Å². The van der Waals surface area contributed by atoms with Crippen molar-refractivity contribution in [3.8, 4) is 0 Å². The fraction of sp³-hybridized carbons (Fsp3) is 0.783. The molecule has 2 aliphatic heterocycles. The lowest BCUT2D eigenvalue weighted by Crippen LogP contribution is -2.70. The highest BCUT2D eigenvalue weighted by Gasteiger charge is 2.54. The van der Waals surface area contributed by atoms with Crippen LogP contribution in [0.15, 0.2) is 0 Å². The topological polar surface area (TPSA) is 214 Å². The Morgan fingerprint density at radius 1 is 0.744 bits per heavy atom. The van der Waals surface area contributed by atoms with Crippen LogP contribution in [-0.4, -0.2) is 122 Å². The first-order valence-electron chi connectivity index (χ1n) is 12.1. The number of hydrogen-bond acceptors (Lipinski definition) is 14. The molecule has 2 rings (SSSR count). The average Bonchev–Trinajstić information content (AvgIpc) is 2.82. The Labute approximate surface area is 224 Å². The lowest BCUT2D eigenvalue weighted by molar-refractivity contribution is -0.331. The maximum Gasteiger partial charge on any atom is 0.303 e. The fourth-order valence-corrected chi connectivity index (χ4v) is 4.39. The maximum absolute atomic E-state index is 12.1. The third-order valence-electron chi connectivity index (χ3n) is 5.82. The molecule has 16 heteroatoms. The molecule has 222 valence electrons. The number of nitrogens with one attached hydrogen (secondary N) is 2. The third-order valence-corrected chi connectivity index (χ3v) is 5.82. The maximum atomic E-state index is 12.1. The van der Waals surface area contributed by atoms with E-state index in [-0.39, 0.29) is 0 Å². The minimum absolute atomic E-state index is 0.467. The molecule has 0 aromatic carbocycles. The Morgan fingerprint density at radius 3 is 1.77 bits per heavy atom. The van der Waals surface area contributed by atoms with Gasteiger partial charge in [-0.25, -0.2) is 0 Å². The number of carbonyl (C=O) groups excluding carboxylic acids is 5. The minimum atomic E-state index is -1.54. The van der Waals surface area contributed by atoms with Crippen molar-refractivity contribution in [2.24, 2.45) is 0 Å². The van der Waals surface area contributed by atoms with E-state index >= 15 is 0 Å². The summed E-state index contributed by atoms with van der Waals surface area (Å²) < 4.78 is 38.6. The van der Waals surface area contributed by atoms with E-state index in [0.717, 1.165) is 20.8 Å². The number of carbonyl (C=O) groups is 5. The second kappa shape index (κ2) is 14.5. The van der Waals surface area contributed by atoms with Gasteiger partial charge in [0.05, 0.1) is 6.61 Å². The molecule has 0 saturated carbocycles. The van der Waals surface area contributed by atoms with E-state index in [2.05, 4.69) is 10.6 Å². The molecule has 0 unspecified atom stereocenters. The lowest BCUT2D eigenvalue weighted by Gasteiger charge is -2.48. The summed E-state index contributed by atoms with van der Waals surface area (Å²) in [6.07, 6.45) is -10.8. The molecule has 2 fully saturated rings. The van der Waals surface area contributed by atoms with Gasteiger partial charge in [0.15, 0.2) is 24.8 Å². The Kier molecular flexibility index (Phi) is 12.0. The number of esters is 3. The van der Waals surface area contributed by atoms with Crippen molar-refractivity contribution in [1.29, 1.82) is 0 Å². The van der Waals surface area contributed by atoms with Crippen LogP contribution in [0.2, 0.25) is 0 Å². The molecule has 0 aliphatic carbocycles. The molecule has 2 saturated heterocycles. The lowest BCUT2D eigenvalue weighted by atomic mass is 9.94. The largest absolute Gasteiger partial charge is 0.463 e. The SMILES string of the molecule is CO[C@@H]1O[C@H](CO)[C@@H](O[C@@H]2O[C@H](COC(C)=O)[C@@H](OC(C)=O)[C@H](OC(C)=O)[C@H]2NC(C)=O)[C@H](O)[C@H]1NC(C)=O. The van der Waals surface area contributed by atoms with Crippen molar-refractivity contribution >= 4 is 29.7 Å². The van der Waals surface area contributed by atoms with Gasteiger partial charge in [0.25, 0.3) is 0 Å². The van der Waals surface area contributed by atoms with Crippen LogP contribution in [0.5, 0.6) is 0 Å². The number of methoxy groups -OCH3 is 1. The van der Waals surface area contributed by atoms with E-state index < -0.39 is 104 Å². The predicted molar refractivity (Wildman–Crippen MR) is 125 cm³/mol. The summed E-state index contributed by atoms with van der Waals surface area (Å²) in [7, 11) is 1.28. The molecular formula is C23H36N2O14. The molecule has 2 amide bonds. The average molecular weight is 565 g/mol. The fourth-order valence-electron chi connectivity index (χ4n) is 4.39. The van der Waals surface area contributed by atoms with E-state index in [1.807, 2.05) is 0 Å². The number of aliphatic hydroxyl groups is 2. The molecule has 0 aromatic heterocycles. The molecule has 4 N–H and O–H groups in total. The van der Waals surface area contributed by atoms with Crippen molar-refractivity contribution < 1.29 is 67.3 Å². The first-order valence-corrected chi connectivity index (χ1v) is 12.1. The van der Waals surface area contributed by atoms with Crippen molar-refractivity contribution in [3.05, 3.63) is 0 Å². The Bertz CT molecular complexity index is 900. The van der Waals surface area contributed by atoms with Gasteiger partial charge in [0, 0.05) is 41.7 Å². The zero-order chi connectivity index (χ0) is 29.4. The molecule has 2 heterocycles. The van der Waals surface area contributed by atoms with Crippen molar-refractivity contribution in [2.45, 2.75) is 95.9 Å². The van der Waals surface area contributed by atoms with Gasteiger partial charge in [0.2, 0.25) is 11.8 Å². The number of aliphatic hydroxyl groups excluding tert-OH is 2. The zero-order valence-electron chi connectivity index (χ0n) is 22.5. The van der Waals surface area contributed by atoms with Gasteiger partial charge < -0.3 is 54.0 Å². The highest BCUT2D eigenvalue weighted by atomic mass is 16.7. The van der Waals surface area contributed by atoms with Crippen molar-refractivity contribution in [1.82, 2.24) is 10.6 Å². The molecule has 10 atom stereocenters. The van der Waals surface area contributed by atoms with Crippen LogP contribution in [0.1, 0.15) is 34.6 Å². The van der Waals surface area contributed by atoms with Gasteiger partial charge in [-0.05, 0) is 0 Å². The Morgan fingerprint density at radius 2 is 1.28 bits per heavy atom. The summed E-state index contributed by atoms with van der Waals surface area (Å²) in [4.78, 5) is 59.3. The summed E-state index contributed by atoms with van der Waals surface area (Å²) in [6, 6.07) is -2.46. The van der Waals surface area contributed by atoms with Crippen LogP contribution in [0.4, 0.5) is 0 Å². The second-order valence-electron chi connectivity index (χ2n) is 9.00. The standard InChI is InChI=1S/C23H36N2O14/c1-9(27)24-16-18(32)19(14(7-26)37-22(16)33-6)39-23-17(25-10(2)28)21(36-13(5)31)20(35-12(4)30)15(38-23)8-34-11(3)29/h14-23,26,32H,7-8H2,1-6H3,(H,24,27)(H,25,28)/t14-,15-,16-,17-,18-,19-,20-,21-,22-,23+/m1/s1. The summed E-state index contributed by atoms with van der Waals surface area (Å²) in [6.45, 7) is 4.57. The molecule has 0 bridgehead atoms. The first kappa shape index (κ1) is 32.3. The van der Waals surface area contributed by atoms with Crippen molar-refractivity contribution in [3.63, 3.8) is 0 Å². The summed E-state index contributed by atoms with van der Waals surface area (Å²) >= 11 is 0. The summed E-state index contributed by atoms with van der Waals surface area (Å²) in [5.41, 5.74) is 0. The van der Waals surface area contributed by atoms with Gasteiger partial charge in [-0.1, -0.05) is 0 Å². The van der Waals surface area contributed by atoms with Gasteiger partial charge in [0.1, 0.15) is 43.1 Å². The van der Waals surface area contributed by atoms with Gasteiger partial charge in [-0.2, -0.15) is 0 Å². The second-order valence-corrected chi connectivity index (χ2v) is 9.00.